The molecule has 0 saturated heterocycles. The van der Waals surface area contributed by atoms with Crippen molar-refractivity contribution in [3.63, 3.8) is 0 Å². The largest absolute Gasteiger partial charge is 0.497 e. The van der Waals surface area contributed by atoms with Crippen molar-refractivity contribution in [3.05, 3.63) is 72.5 Å². The fraction of sp³-hybridized carbons (Fsp3) is 0.0952. The smallest absolute Gasteiger partial charge is 0.229 e. The number of hydrogen-bond acceptors (Lipinski definition) is 7. The van der Waals surface area contributed by atoms with E-state index in [2.05, 4.69) is 25.8 Å². The minimum absolute atomic E-state index is 0.467. The molecular weight excluding hydrogens is 354 g/mol. The summed E-state index contributed by atoms with van der Waals surface area (Å²) in [6.07, 6.45) is 0. The monoisotopic (exact) mass is 373 g/mol. The van der Waals surface area contributed by atoms with Crippen molar-refractivity contribution >= 4 is 23.3 Å². The van der Waals surface area contributed by atoms with Gasteiger partial charge in [0.1, 0.15) is 17.3 Å². The van der Waals surface area contributed by atoms with Crippen LogP contribution in [0, 0.1) is 6.92 Å². The van der Waals surface area contributed by atoms with Crippen LogP contribution in [0.3, 0.4) is 0 Å². The first-order valence-corrected chi connectivity index (χ1v) is 8.75. The number of nitrogens with zero attached hydrogens (tertiary/aromatic N) is 3. The third-order valence-corrected chi connectivity index (χ3v) is 4.03. The average Bonchev–Trinajstić information content (AvgIpc) is 3.13. The lowest BCUT2D eigenvalue weighted by atomic mass is 10.1. The molecule has 0 radical (unpaired) electrons. The van der Waals surface area contributed by atoms with Gasteiger partial charge in [-0.05, 0) is 31.2 Å². The Kier molecular flexibility index (Phi) is 4.88. The second kappa shape index (κ2) is 7.79. The zero-order valence-electron chi connectivity index (χ0n) is 15.5. The summed E-state index contributed by atoms with van der Waals surface area (Å²) < 4.78 is 10.3. The Morgan fingerprint density at radius 2 is 1.64 bits per heavy atom. The van der Waals surface area contributed by atoms with E-state index in [1.54, 1.807) is 13.2 Å². The Balaban J connectivity index is 1.68. The highest BCUT2D eigenvalue weighted by Crippen LogP contribution is 2.25. The van der Waals surface area contributed by atoms with Gasteiger partial charge >= 0.3 is 0 Å². The summed E-state index contributed by atoms with van der Waals surface area (Å²) in [6.45, 7) is 1.84. The lowest BCUT2D eigenvalue weighted by Gasteiger charge is -2.11. The summed E-state index contributed by atoms with van der Waals surface area (Å²) in [7, 11) is 1.64. The first-order valence-electron chi connectivity index (χ1n) is 8.75. The Morgan fingerprint density at radius 1 is 0.857 bits per heavy atom. The zero-order valence-corrected chi connectivity index (χ0v) is 15.5. The topological polar surface area (TPSA) is 85.1 Å². The molecule has 0 saturated carbocycles. The number of anilines is 4. The highest BCUT2D eigenvalue weighted by Gasteiger charge is 2.09. The zero-order chi connectivity index (χ0) is 19.3. The van der Waals surface area contributed by atoms with Crippen LogP contribution in [0.15, 0.2) is 71.3 Å². The third kappa shape index (κ3) is 4.09. The van der Waals surface area contributed by atoms with Gasteiger partial charge in [0.15, 0.2) is 5.82 Å². The molecule has 0 aliphatic rings. The van der Waals surface area contributed by atoms with E-state index in [0.29, 0.717) is 17.6 Å². The Labute approximate surface area is 162 Å². The van der Waals surface area contributed by atoms with Crippen molar-refractivity contribution in [2.45, 2.75) is 6.92 Å². The van der Waals surface area contributed by atoms with Crippen LogP contribution in [-0.2, 0) is 0 Å². The summed E-state index contributed by atoms with van der Waals surface area (Å²) in [4.78, 5) is 9.21. The van der Waals surface area contributed by atoms with Gasteiger partial charge in [0.25, 0.3) is 0 Å². The molecule has 0 amide bonds. The molecule has 4 aromatic rings. The molecule has 28 heavy (non-hydrogen) atoms. The first kappa shape index (κ1) is 17.5. The van der Waals surface area contributed by atoms with E-state index in [-0.39, 0.29) is 0 Å². The Hall–Kier alpha value is -3.87. The van der Waals surface area contributed by atoms with Crippen LogP contribution in [0.2, 0.25) is 0 Å². The normalized spacial score (nSPS) is 10.5. The number of methoxy groups -OCH3 is 1. The molecule has 0 aliphatic carbocycles. The first-order chi connectivity index (χ1) is 13.7. The summed E-state index contributed by atoms with van der Waals surface area (Å²) >= 11 is 0. The minimum Gasteiger partial charge on any atom is -0.497 e. The van der Waals surface area contributed by atoms with Gasteiger partial charge in [-0.1, -0.05) is 35.5 Å². The fourth-order valence-electron chi connectivity index (χ4n) is 2.68. The van der Waals surface area contributed by atoms with Crippen molar-refractivity contribution in [1.82, 2.24) is 15.1 Å². The average molecular weight is 373 g/mol. The molecule has 2 N–H and O–H groups in total. The number of aromatic nitrogens is 3. The summed E-state index contributed by atoms with van der Waals surface area (Å²) in [5.41, 5.74) is 2.63. The molecule has 0 fully saturated rings. The van der Waals surface area contributed by atoms with E-state index >= 15 is 0 Å². The maximum atomic E-state index is 5.20. The van der Waals surface area contributed by atoms with E-state index in [9.17, 15) is 0 Å². The maximum absolute atomic E-state index is 5.20. The molecule has 140 valence electrons. The third-order valence-electron chi connectivity index (χ3n) is 4.03. The van der Waals surface area contributed by atoms with E-state index in [1.807, 2.05) is 67.6 Å². The highest BCUT2D eigenvalue weighted by molar-refractivity contribution is 5.68. The molecule has 2 aromatic heterocycles. The van der Waals surface area contributed by atoms with Crippen molar-refractivity contribution in [3.8, 4) is 17.0 Å². The van der Waals surface area contributed by atoms with Crippen molar-refractivity contribution in [2.75, 3.05) is 17.7 Å². The molecule has 0 spiro atoms. The molecule has 7 heteroatoms. The SMILES string of the molecule is COc1ccc(Nc2nc(Nc3cc(C)on3)cc(-c3ccccc3)n2)cc1. The van der Waals surface area contributed by atoms with Crippen LogP contribution in [0.25, 0.3) is 11.3 Å². The van der Waals surface area contributed by atoms with Gasteiger partial charge in [0.2, 0.25) is 5.95 Å². The quantitative estimate of drug-likeness (QED) is 0.495. The van der Waals surface area contributed by atoms with Crippen LogP contribution in [0.4, 0.5) is 23.3 Å². The molecule has 7 nitrogen and oxygen atoms in total. The molecular formula is C21H19N5O2. The predicted octanol–water partition coefficient (Wildman–Crippen LogP) is 4.94. The second-order valence-electron chi connectivity index (χ2n) is 6.13. The van der Waals surface area contributed by atoms with Crippen molar-refractivity contribution < 1.29 is 9.26 Å². The van der Waals surface area contributed by atoms with E-state index in [0.717, 1.165) is 28.5 Å². The molecule has 2 aromatic carbocycles. The highest BCUT2D eigenvalue weighted by atomic mass is 16.5. The Bertz CT molecular complexity index is 1060. The van der Waals surface area contributed by atoms with Gasteiger partial charge in [-0.2, -0.15) is 4.98 Å². The van der Waals surface area contributed by atoms with Gasteiger partial charge in [-0.25, -0.2) is 4.98 Å². The van der Waals surface area contributed by atoms with Crippen LogP contribution in [-0.4, -0.2) is 22.2 Å². The van der Waals surface area contributed by atoms with Crippen LogP contribution in [0.1, 0.15) is 5.76 Å². The van der Waals surface area contributed by atoms with Gasteiger partial charge in [0.05, 0.1) is 12.8 Å². The van der Waals surface area contributed by atoms with Crippen molar-refractivity contribution in [2.24, 2.45) is 0 Å². The number of rotatable bonds is 6. The van der Waals surface area contributed by atoms with E-state index in [4.69, 9.17) is 9.26 Å². The van der Waals surface area contributed by atoms with Crippen LogP contribution < -0.4 is 15.4 Å². The molecule has 0 aliphatic heterocycles. The Morgan fingerprint density at radius 3 is 2.32 bits per heavy atom. The van der Waals surface area contributed by atoms with Crippen molar-refractivity contribution in [1.29, 1.82) is 0 Å². The molecule has 2 heterocycles. The number of aryl methyl sites for hydroxylation is 1. The predicted molar refractivity (Wildman–Crippen MR) is 108 cm³/mol. The fourth-order valence-corrected chi connectivity index (χ4v) is 2.68. The van der Waals surface area contributed by atoms with Gasteiger partial charge in [-0.15, -0.1) is 0 Å². The number of benzene rings is 2. The summed E-state index contributed by atoms with van der Waals surface area (Å²) in [5.74, 6) is 3.17. The number of nitrogens with one attached hydrogen (secondary N) is 2. The molecule has 0 bridgehead atoms. The minimum atomic E-state index is 0.467. The van der Waals surface area contributed by atoms with Crippen LogP contribution in [0.5, 0.6) is 5.75 Å². The second-order valence-corrected chi connectivity index (χ2v) is 6.13. The number of hydrogen-bond donors (Lipinski definition) is 2. The van der Waals surface area contributed by atoms with Gasteiger partial charge < -0.3 is 19.9 Å². The van der Waals surface area contributed by atoms with E-state index in [1.165, 1.54) is 0 Å². The van der Waals surface area contributed by atoms with Gasteiger partial charge in [-0.3, -0.25) is 0 Å². The van der Waals surface area contributed by atoms with Gasteiger partial charge in [0, 0.05) is 23.4 Å². The van der Waals surface area contributed by atoms with Crippen LogP contribution >= 0.6 is 0 Å². The lowest BCUT2D eigenvalue weighted by molar-refractivity contribution is 0.400. The molecule has 0 atom stereocenters. The van der Waals surface area contributed by atoms with E-state index < -0.39 is 0 Å². The number of ether oxygens (including phenoxy) is 1. The molecule has 0 unspecified atom stereocenters. The summed E-state index contributed by atoms with van der Waals surface area (Å²) in [6, 6.07) is 21.2. The lowest BCUT2D eigenvalue weighted by Crippen LogP contribution is -2.02. The summed E-state index contributed by atoms with van der Waals surface area (Å²) in [5, 5.41) is 10.4. The standard InChI is InChI=1S/C21H19N5O2/c1-14-12-20(26-28-14)24-19-13-18(15-6-4-3-5-7-15)23-21(25-19)22-16-8-10-17(27-2)11-9-16/h3-13H,1-2H3,(H2,22,23,24,25,26). The maximum Gasteiger partial charge on any atom is 0.229 e. The molecule has 4 rings (SSSR count).